The van der Waals surface area contributed by atoms with Gasteiger partial charge in [-0.15, -0.1) is 0 Å². The van der Waals surface area contributed by atoms with Gasteiger partial charge in [-0.1, -0.05) is 16.8 Å². The Morgan fingerprint density at radius 2 is 2.33 bits per heavy atom. The van der Waals surface area contributed by atoms with Crippen molar-refractivity contribution < 1.29 is 0 Å². The number of halogens is 1. The molecule has 0 radical (unpaired) electrons. The fourth-order valence-electron chi connectivity index (χ4n) is 1.18. The van der Waals surface area contributed by atoms with Crippen LogP contribution in [-0.4, -0.2) is 19.3 Å². The molecule has 1 aromatic carbocycles. The summed E-state index contributed by atoms with van der Waals surface area (Å²) in [5, 5.41) is 13.3. The number of benzene rings is 1. The molecule has 0 atom stereocenters. The molecule has 0 unspecified atom stereocenters. The lowest BCUT2D eigenvalue weighted by atomic mass is 10.1. The molecule has 0 amide bonds. The van der Waals surface area contributed by atoms with E-state index < -0.39 is 0 Å². The number of nitroso groups, excluding NO2 is 1. The maximum Gasteiger partial charge on any atom is 0.0983 e. The zero-order valence-corrected chi connectivity index (χ0v) is 8.71. The summed E-state index contributed by atoms with van der Waals surface area (Å²) in [6.07, 6.45) is 1.14. The van der Waals surface area contributed by atoms with Crippen molar-refractivity contribution in [2.24, 2.45) is 5.18 Å². The van der Waals surface area contributed by atoms with Crippen molar-refractivity contribution in [3.05, 3.63) is 27.6 Å². The number of nitrogens with two attached hydrogens (primary N) is 1. The normalized spacial score (nSPS) is 9.67. The van der Waals surface area contributed by atoms with Crippen LogP contribution in [0.5, 0.6) is 0 Å². The summed E-state index contributed by atoms with van der Waals surface area (Å²) in [6, 6.07) is 3.23. The summed E-state index contributed by atoms with van der Waals surface area (Å²) in [7, 11) is 0. The predicted octanol–water partition coefficient (Wildman–Crippen LogP) is 2.10. The van der Waals surface area contributed by atoms with E-state index >= 15 is 0 Å². The van der Waals surface area contributed by atoms with Crippen molar-refractivity contribution in [2.45, 2.75) is 0 Å². The van der Waals surface area contributed by atoms with E-state index in [1.165, 1.54) is 0 Å². The zero-order valence-electron chi connectivity index (χ0n) is 7.96. The van der Waals surface area contributed by atoms with Crippen LogP contribution in [0.15, 0.2) is 17.3 Å². The molecule has 15 heavy (non-hydrogen) atoms. The first-order valence-electron chi connectivity index (χ1n) is 4.31. The van der Waals surface area contributed by atoms with Gasteiger partial charge in [0.25, 0.3) is 0 Å². The van der Waals surface area contributed by atoms with Crippen molar-refractivity contribution in [1.29, 1.82) is 5.41 Å². The Balaban J connectivity index is 2.93. The topological polar surface area (TPSA) is 91.3 Å². The van der Waals surface area contributed by atoms with Crippen LogP contribution in [0, 0.1) is 10.3 Å². The smallest absolute Gasteiger partial charge is 0.0983 e. The number of hydrogen-bond donors (Lipinski definition) is 3. The standard InChI is InChI=1S/C9H11ClN4O/c10-6-3-8(12)7(5-11)9(4-6)13-1-2-14-15/h3-5,11,13H,1-2,12H2. The highest BCUT2D eigenvalue weighted by atomic mass is 35.5. The first kappa shape index (κ1) is 11.5. The molecule has 80 valence electrons. The number of rotatable bonds is 5. The quantitative estimate of drug-likeness (QED) is 0.311. The van der Waals surface area contributed by atoms with Gasteiger partial charge in [0.15, 0.2) is 0 Å². The van der Waals surface area contributed by atoms with E-state index in [0.29, 0.717) is 28.5 Å². The van der Waals surface area contributed by atoms with Crippen molar-refractivity contribution in [2.75, 3.05) is 24.1 Å². The fourth-order valence-corrected chi connectivity index (χ4v) is 1.41. The molecule has 1 rings (SSSR count). The van der Waals surface area contributed by atoms with Crippen molar-refractivity contribution in [3.63, 3.8) is 0 Å². The van der Waals surface area contributed by atoms with Crippen LogP contribution in [0.25, 0.3) is 0 Å². The van der Waals surface area contributed by atoms with Gasteiger partial charge in [-0.05, 0) is 12.1 Å². The number of nitrogens with one attached hydrogen (secondary N) is 2. The number of hydrogen-bond acceptors (Lipinski definition) is 5. The van der Waals surface area contributed by atoms with Crippen LogP contribution < -0.4 is 11.1 Å². The van der Waals surface area contributed by atoms with Gasteiger partial charge in [0.1, 0.15) is 0 Å². The van der Waals surface area contributed by atoms with Crippen LogP contribution >= 0.6 is 11.6 Å². The Hall–Kier alpha value is -1.62. The van der Waals surface area contributed by atoms with Gasteiger partial charge in [0.2, 0.25) is 0 Å². The number of nitrogen functional groups attached to an aromatic ring is 1. The molecule has 0 aliphatic heterocycles. The third-order valence-electron chi connectivity index (χ3n) is 1.84. The van der Waals surface area contributed by atoms with Crippen molar-refractivity contribution >= 4 is 29.2 Å². The average molecular weight is 227 g/mol. The average Bonchev–Trinajstić information content (AvgIpc) is 2.17. The van der Waals surface area contributed by atoms with Crippen LogP contribution in [0.2, 0.25) is 5.02 Å². The minimum atomic E-state index is 0.157. The molecular weight excluding hydrogens is 216 g/mol. The van der Waals surface area contributed by atoms with Crippen LogP contribution in [0.3, 0.4) is 0 Å². The van der Waals surface area contributed by atoms with Crippen molar-refractivity contribution in [3.8, 4) is 0 Å². The molecule has 0 aliphatic rings. The Kier molecular flexibility index (Phi) is 4.05. The molecule has 0 saturated carbocycles. The summed E-state index contributed by atoms with van der Waals surface area (Å²) in [5.74, 6) is 0. The minimum absolute atomic E-state index is 0.157. The third-order valence-corrected chi connectivity index (χ3v) is 2.06. The lowest BCUT2D eigenvalue weighted by molar-refractivity contribution is 1.01. The fraction of sp³-hybridized carbons (Fsp3) is 0.222. The highest BCUT2D eigenvalue weighted by Gasteiger charge is 2.05. The van der Waals surface area contributed by atoms with E-state index in [-0.39, 0.29) is 6.54 Å². The molecule has 0 heterocycles. The van der Waals surface area contributed by atoms with Crippen molar-refractivity contribution in [1.82, 2.24) is 0 Å². The molecule has 6 heteroatoms. The number of anilines is 2. The second-order valence-corrected chi connectivity index (χ2v) is 3.32. The Morgan fingerprint density at radius 1 is 1.60 bits per heavy atom. The molecule has 0 aliphatic carbocycles. The van der Waals surface area contributed by atoms with E-state index in [4.69, 9.17) is 22.7 Å². The van der Waals surface area contributed by atoms with Gasteiger partial charge in [0, 0.05) is 34.7 Å². The van der Waals surface area contributed by atoms with E-state index in [1.54, 1.807) is 12.1 Å². The molecule has 0 saturated heterocycles. The SMILES string of the molecule is N=Cc1c(N)cc(Cl)cc1NCCN=O. The van der Waals surface area contributed by atoms with Crippen LogP contribution in [0.4, 0.5) is 11.4 Å². The second kappa shape index (κ2) is 5.31. The predicted molar refractivity (Wildman–Crippen MR) is 62.9 cm³/mol. The second-order valence-electron chi connectivity index (χ2n) is 2.88. The third kappa shape index (κ3) is 2.92. The Morgan fingerprint density at radius 3 is 2.93 bits per heavy atom. The summed E-state index contributed by atoms with van der Waals surface area (Å²) in [4.78, 5) is 9.90. The highest BCUT2D eigenvalue weighted by molar-refractivity contribution is 6.31. The van der Waals surface area contributed by atoms with Crippen LogP contribution in [0.1, 0.15) is 5.56 Å². The first-order chi connectivity index (χ1) is 7.19. The molecule has 4 N–H and O–H groups in total. The summed E-state index contributed by atoms with van der Waals surface area (Å²) >= 11 is 5.81. The number of nitrogens with zero attached hydrogens (tertiary/aromatic N) is 1. The molecule has 0 fully saturated rings. The van der Waals surface area contributed by atoms with Gasteiger partial charge in [0.05, 0.1) is 6.54 Å². The minimum Gasteiger partial charge on any atom is -0.398 e. The summed E-state index contributed by atoms with van der Waals surface area (Å²) in [5.41, 5.74) is 7.30. The van der Waals surface area contributed by atoms with E-state index in [0.717, 1.165) is 6.21 Å². The molecule has 5 nitrogen and oxygen atoms in total. The maximum absolute atomic E-state index is 9.90. The van der Waals surface area contributed by atoms with Gasteiger partial charge in [-0.25, -0.2) is 0 Å². The monoisotopic (exact) mass is 226 g/mol. The molecule has 0 spiro atoms. The summed E-state index contributed by atoms with van der Waals surface area (Å²) < 4.78 is 0. The van der Waals surface area contributed by atoms with Gasteiger partial charge < -0.3 is 16.5 Å². The van der Waals surface area contributed by atoms with Gasteiger partial charge in [-0.3, -0.25) is 0 Å². The van der Waals surface area contributed by atoms with Gasteiger partial charge >= 0.3 is 0 Å². The largest absolute Gasteiger partial charge is 0.398 e. The molecule has 0 bridgehead atoms. The van der Waals surface area contributed by atoms with Crippen LogP contribution in [-0.2, 0) is 0 Å². The Bertz CT molecular complexity index is 381. The first-order valence-corrected chi connectivity index (χ1v) is 4.69. The lowest BCUT2D eigenvalue weighted by Gasteiger charge is -2.10. The zero-order chi connectivity index (χ0) is 11.3. The highest BCUT2D eigenvalue weighted by Crippen LogP contribution is 2.25. The van der Waals surface area contributed by atoms with E-state index in [2.05, 4.69) is 10.5 Å². The maximum atomic E-state index is 9.90. The molecule has 1 aromatic rings. The summed E-state index contributed by atoms with van der Waals surface area (Å²) in [6.45, 7) is 0.550. The van der Waals surface area contributed by atoms with E-state index in [9.17, 15) is 4.91 Å². The molecular formula is C9H11ClN4O. The molecule has 0 aromatic heterocycles. The Labute approximate surface area is 92.1 Å². The van der Waals surface area contributed by atoms with E-state index in [1.807, 2.05) is 0 Å². The van der Waals surface area contributed by atoms with Gasteiger partial charge in [-0.2, -0.15) is 4.91 Å². The lowest BCUT2D eigenvalue weighted by Crippen LogP contribution is -2.08.